The van der Waals surface area contributed by atoms with E-state index < -0.39 is 0 Å². The minimum absolute atomic E-state index is 0.299. The molecule has 13 heavy (non-hydrogen) atoms. The predicted octanol–water partition coefficient (Wildman–Crippen LogP) is 3.51. The summed E-state index contributed by atoms with van der Waals surface area (Å²) in [5, 5.41) is 0. The molecule has 0 aromatic carbocycles. The molecule has 5 aliphatic rings. The smallest absolute Gasteiger partial charge is 0.100 e. The Kier molecular flexibility index (Phi) is 0.674. The highest BCUT2D eigenvalue weighted by Crippen LogP contribution is 3.17. The van der Waals surface area contributed by atoms with Gasteiger partial charge in [-0.2, -0.15) is 0 Å². The molecule has 5 saturated carbocycles. The Bertz CT molecular complexity index is 301. The standard InChI is InChI=1S/C11H12Cl2/c12-11(13)9(5-6-9)10(11)7(1-2-7)8(10)3-4-8/h1-6H2. The van der Waals surface area contributed by atoms with Gasteiger partial charge in [0.15, 0.2) is 0 Å². The zero-order valence-corrected chi connectivity index (χ0v) is 9.01. The van der Waals surface area contributed by atoms with Gasteiger partial charge in [0.2, 0.25) is 0 Å². The lowest BCUT2D eigenvalue weighted by Gasteiger charge is -1.92. The van der Waals surface area contributed by atoms with Gasteiger partial charge in [0.1, 0.15) is 4.33 Å². The zero-order chi connectivity index (χ0) is 8.74. The van der Waals surface area contributed by atoms with Crippen molar-refractivity contribution in [3.63, 3.8) is 0 Å². The molecule has 0 aromatic rings. The minimum atomic E-state index is -0.299. The third-order valence-corrected chi connectivity index (χ3v) is 7.56. The summed E-state index contributed by atoms with van der Waals surface area (Å²) in [7, 11) is 0. The molecule has 0 unspecified atom stereocenters. The van der Waals surface area contributed by atoms with Crippen molar-refractivity contribution < 1.29 is 0 Å². The summed E-state index contributed by atoms with van der Waals surface area (Å²) < 4.78 is -0.299. The number of halogens is 2. The van der Waals surface area contributed by atoms with Gasteiger partial charge in [-0.3, -0.25) is 0 Å². The second-order valence-electron chi connectivity index (χ2n) is 6.07. The van der Waals surface area contributed by atoms with Crippen LogP contribution in [0, 0.1) is 21.7 Å². The third-order valence-electron chi connectivity index (χ3n) is 6.27. The second kappa shape index (κ2) is 1.26. The van der Waals surface area contributed by atoms with E-state index in [9.17, 15) is 0 Å². The molecule has 4 spiro atoms. The van der Waals surface area contributed by atoms with Crippen molar-refractivity contribution in [1.29, 1.82) is 0 Å². The maximum absolute atomic E-state index is 6.56. The van der Waals surface area contributed by atoms with E-state index in [1.54, 1.807) is 0 Å². The van der Waals surface area contributed by atoms with Crippen molar-refractivity contribution in [2.45, 2.75) is 42.9 Å². The number of alkyl halides is 2. The van der Waals surface area contributed by atoms with Gasteiger partial charge in [-0.25, -0.2) is 0 Å². The molecule has 0 amide bonds. The first-order chi connectivity index (χ1) is 6.12. The van der Waals surface area contributed by atoms with E-state index in [0.29, 0.717) is 21.7 Å². The maximum Gasteiger partial charge on any atom is 0.131 e. The molecule has 2 heteroatoms. The Balaban J connectivity index is 1.79. The van der Waals surface area contributed by atoms with Crippen LogP contribution in [-0.4, -0.2) is 4.33 Å². The molecule has 70 valence electrons. The van der Waals surface area contributed by atoms with Gasteiger partial charge in [0, 0.05) is 10.8 Å². The van der Waals surface area contributed by atoms with Gasteiger partial charge < -0.3 is 0 Å². The molecular weight excluding hydrogens is 203 g/mol. The van der Waals surface area contributed by atoms with E-state index >= 15 is 0 Å². The summed E-state index contributed by atoms with van der Waals surface area (Å²) in [6.07, 6.45) is 8.41. The summed E-state index contributed by atoms with van der Waals surface area (Å²) in [5.74, 6) is 0. The Morgan fingerprint density at radius 2 is 1.00 bits per heavy atom. The van der Waals surface area contributed by atoms with Crippen molar-refractivity contribution in [3.05, 3.63) is 0 Å². The molecule has 0 radical (unpaired) electrons. The van der Waals surface area contributed by atoms with Gasteiger partial charge in [-0.05, 0) is 49.4 Å². The third kappa shape index (κ3) is 0.327. The van der Waals surface area contributed by atoms with Crippen LogP contribution in [0.2, 0.25) is 0 Å². The van der Waals surface area contributed by atoms with Crippen LogP contribution in [0.1, 0.15) is 38.5 Å². The van der Waals surface area contributed by atoms with Crippen molar-refractivity contribution in [3.8, 4) is 0 Å². The van der Waals surface area contributed by atoms with E-state index in [-0.39, 0.29) is 4.33 Å². The highest BCUT2D eigenvalue weighted by Gasteiger charge is 3.16. The van der Waals surface area contributed by atoms with Crippen molar-refractivity contribution >= 4 is 23.2 Å². The zero-order valence-electron chi connectivity index (χ0n) is 7.50. The molecular formula is C11H12Cl2. The normalized spacial score (nSPS) is 48.5. The highest BCUT2D eigenvalue weighted by atomic mass is 35.5. The molecule has 0 saturated heterocycles. The van der Waals surface area contributed by atoms with Crippen molar-refractivity contribution in [1.82, 2.24) is 0 Å². The average molecular weight is 215 g/mol. The van der Waals surface area contributed by atoms with E-state index in [1.807, 2.05) is 0 Å². The Morgan fingerprint density at radius 3 is 1.23 bits per heavy atom. The molecule has 0 heterocycles. The lowest BCUT2D eigenvalue weighted by atomic mass is 10.2. The Hall–Kier alpha value is 0.580. The number of hydrogen-bond donors (Lipinski definition) is 0. The monoisotopic (exact) mass is 214 g/mol. The highest BCUT2D eigenvalue weighted by molar-refractivity contribution is 6.53. The average Bonchev–Trinajstić information content (AvgIpc) is 2.94. The minimum Gasteiger partial charge on any atom is -0.100 e. The number of rotatable bonds is 0. The molecule has 0 N–H and O–H groups in total. The second-order valence-corrected chi connectivity index (χ2v) is 7.40. The molecule has 5 aliphatic carbocycles. The van der Waals surface area contributed by atoms with Crippen molar-refractivity contribution in [2.24, 2.45) is 21.7 Å². The van der Waals surface area contributed by atoms with Crippen LogP contribution >= 0.6 is 23.2 Å². The summed E-state index contributed by atoms with van der Waals surface area (Å²) in [5.41, 5.74) is 2.24. The van der Waals surface area contributed by atoms with Crippen LogP contribution in [0.5, 0.6) is 0 Å². The summed E-state index contributed by atoms with van der Waals surface area (Å²) in [4.78, 5) is 0. The lowest BCUT2D eigenvalue weighted by Crippen LogP contribution is -1.93. The van der Waals surface area contributed by atoms with Crippen LogP contribution in [0.4, 0.5) is 0 Å². The van der Waals surface area contributed by atoms with Gasteiger partial charge in [0.25, 0.3) is 0 Å². The SMILES string of the molecule is ClC1(Cl)C2(CC2)C12C1(CC1)C21CC1. The van der Waals surface area contributed by atoms with Crippen LogP contribution in [0.15, 0.2) is 0 Å². The Morgan fingerprint density at radius 1 is 0.615 bits per heavy atom. The molecule has 5 fully saturated rings. The fourth-order valence-electron chi connectivity index (χ4n) is 5.73. The van der Waals surface area contributed by atoms with Gasteiger partial charge in [0.05, 0.1) is 0 Å². The molecule has 0 atom stereocenters. The number of hydrogen-bond acceptors (Lipinski definition) is 0. The molecule has 5 rings (SSSR count). The quantitative estimate of drug-likeness (QED) is 0.542. The van der Waals surface area contributed by atoms with Gasteiger partial charge >= 0.3 is 0 Å². The van der Waals surface area contributed by atoms with Crippen molar-refractivity contribution in [2.75, 3.05) is 0 Å². The molecule has 0 bridgehead atoms. The van der Waals surface area contributed by atoms with E-state index in [2.05, 4.69) is 0 Å². The topological polar surface area (TPSA) is 0 Å². The van der Waals surface area contributed by atoms with Crippen LogP contribution in [0.3, 0.4) is 0 Å². The molecule has 0 aliphatic heterocycles. The maximum atomic E-state index is 6.56. The van der Waals surface area contributed by atoms with Crippen LogP contribution < -0.4 is 0 Å². The predicted molar refractivity (Wildman–Crippen MR) is 51.9 cm³/mol. The first kappa shape index (κ1) is 6.95. The number of fused-ring (bicyclic) bond motifs is 4. The van der Waals surface area contributed by atoms with E-state index in [1.165, 1.54) is 38.5 Å². The fourth-order valence-corrected chi connectivity index (χ4v) is 7.39. The summed E-state index contributed by atoms with van der Waals surface area (Å²) in [6, 6.07) is 0. The Labute approximate surface area is 88.0 Å². The van der Waals surface area contributed by atoms with Gasteiger partial charge in [-0.15, -0.1) is 23.2 Å². The molecule has 0 nitrogen and oxygen atoms in total. The first-order valence-corrected chi connectivity index (χ1v) is 6.26. The van der Waals surface area contributed by atoms with E-state index in [4.69, 9.17) is 23.2 Å². The van der Waals surface area contributed by atoms with Gasteiger partial charge in [-0.1, -0.05) is 0 Å². The van der Waals surface area contributed by atoms with Crippen LogP contribution in [0.25, 0.3) is 0 Å². The first-order valence-electron chi connectivity index (χ1n) is 5.50. The summed E-state index contributed by atoms with van der Waals surface area (Å²) in [6.45, 7) is 0. The summed E-state index contributed by atoms with van der Waals surface area (Å²) >= 11 is 13.1. The van der Waals surface area contributed by atoms with E-state index in [0.717, 1.165) is 0 Å². The lowest BCUT2D eigenvalue weighted by molar-refractivity contribution is 0.604. The molecule has 0 aromatic heterocycles. The largest absolute Gasteiger partial charge is 0.131 e. The van der Waals surface area contributed by atoms with Crippen LogP contribution in [-0.2, 0) is 0 Å². The fraction of sp³-hybridized carbons (Fsp3) is 1.00.